The molecule has 2 amide bonds. The number of benzene rings is 3. The van der Waals surface area contributed by atoms with Gasteiger partial charge in [0.15, 0.2) is 11.5 Å². The fourth-order valence-electron chi connectivity index (χ4n) is 4.42. The van der Waals surface area contributed by atoms with Crippen LogP contribution in [0, 0.1) is 0 Å². The molecule has 1 atom stereocenters. The summed E-state index contributed by atoms with van der Waals surface area (Å²) in [6.07, 6.45) is -0.594. The van der Waals surface area contributed by atoms with E-state index in [1.165, 1.54) is 14.2 Å². The number of hydrogen-bond donors (Lipinski definition) is 0. The van der Waals surface area contributed by atoms with Gasteiger partial charge in [-0.25, -0.2) is 0 Å². The summed E-state index contributed by atoms with van der Waals surface area (Å²) >= 11 is 6.17. The molecule has 0 N–H and O–H groups in total. The molecule has 31 heavy (non-hydrogen) atoms. The molecular weight excluding hydrogens is 416 g/mol. The first-order valence-electron chi connectivity index (χ1n) is 9.78. The Kier molecular flexibility index (Phi) is 4.59. The molecule has 3 aromatic rings. The summed E-state index contributed by atoms with van der Waals surface area (Å²) in [5.41, 5.74) is 3.05. The van der Waals surface area contributed by atoms with Gasteiger partial charge in [0.2, 0.25) is 0 Å². The topological polar surface area (TPSA) is 59.1 Å². The van der Waals surface area contributed by atoms with Crippen LogP contribution in [0.3, 0.4) is 0 Å². The molecule has 6 nitrogen and oxygen atoms in total. The molecule has 0 radical (unpaired) electrons. The zero-order valence-electron chi connectivity index (χ0n) is 17.0. The Hall–Kier alpha value is -3.51. The van der Waals surface area contributed by atoms with Gasteiger partial charge in [0.05, 0.1) is 31.0 Å². The van der Waals surface area contributed by atoms with Crippen molar-refractivity contribution in [2.75, 3.05) is 19.1 Å². The van der Waals surface area contributed by atoms with E-state index in [-0.39, 0.29) is 11.8 Å². The molecule has 0 fully saturated rings. The maximum Gasteiger partial charge on any atom is 0.264 e. The van der Waals surface area contributed by atoms with Crippen molar-refractivity contribution in [2.45, 2.75) is 12.7 Å². The molecular formula is C24H19ClN2O4. The summed E-state index contributed by atoms with van der Waals surface area (Å²) in [6.45, 7) is 0.302. The number of nitrogens with zero attached hydrogens (tertiary/aromatic N) is 2. The van der Waals surface area contributed by atoms with Crippen LogP contribution < -0.4 is 14.4 Å². The van der Waals surface area contributed by atoms with Crippen molar-refractivity contribution in [3.8, 4) is 11.5 Å². The fourth-order valence-corrected chi connectivity index (χ4v) is 4.63. The van der Waals surface area contributed by atoms with Crippen molar-refractivity contribution in [3.63, 3.8) is 0 Å². The van der Waals surface area contributed by atoms with Gasteiger partial charge >= 0.3 is 0 Å². The first kappa shape index (κ1) is 19.5. The van der Waals surface area contributed by atoms with Crippen LogP contribution in [0.4, 0.5) is 5.69 Å². The minimum atomic E-state index is -0.594. The molecule has 0 spiro atoms. The Labute approximate surface area is 184 Å². The lowest BCUT2D eigenvalue weighted by Gasteiger charge is -2.41. The molecule has 7 heteroatoms. The third-order valence-electron chi connectivity index (χ3n) is 5.73. The van der Waals surface area contributed by atoms with Crippen molar-refractivity contribution >= 4 is 29.1 Å². The van der Waals surface area contributed by atoms with Crippen LogP contribution in [0.1, 0.15) is 38.0 Å². The average Bonchev–Trinajstić information content (AvgIpc) is 3.08. The van der Waals surface area contributed by atoms with Crippen LogP contribution in [0.5, 0.6) is 11.5 Å². The van der Waals surface area contributed by atoms with E-state index in [9.17, 15) is 9.59 Å². The second-order valence-electron chi connectivity index (χ2n) is 7.39. The van der Waals surface area contributed by atoms with Crippen LogP contribution in [0.2, 0.25) is 5.02 Å². The maximum atomic E-state index is 13.6. The zero-order valence-corrected chi connectivity index (χ0v) is 17.7. The number of hydrogen-bond acceptors (Lipinski definition) is 4. The third-order valence-corrected chi connectivity index (χ3v) is 5.96. The number of amides is 2. The summed E-state index contributed by atoms with van der Waals surface area (Å²) in [4.78, 5) is 30.5. The van der Waals surface area contributed by atoms with E-state index < -0.39 is 6.17 Å². The highest BCUT2D eigenvalue weighted by atomic mass is 35.5. The largest absolute Gasteiger partial charge is 0.493 e. The van der Waals surface area contributed by atoms with Crippen LogP contribution in [0.15, 0.2) is 60.7 Å². The molecule has 0 bridgehead atoms. The van der Waals surface area contributed by atoms with Gasteiger partial charge in [0.25, 0.3) is 11.8 Å². The average molecular weight is 435 g/mol. The van der Waals surface area contributed by atoms with E-state index in [4.69, 9.17) is 21.1 Å². The van der Waals surface area contributed by atoms with E-state index in [0.29, 0.717) is 45.4 Å². The van der Waals surface area contributed by atoms with E-state index >= 15 is 0 Å². The van der Waals surface area contributed by atoms with Gasteiger partial charge in [-0.3, -0.25) is 14.5 Å². The highest BCUT2D eigenvalue weighted by molar-refractivity contribution is 6.30. The number of fused-ring (bicyclic) bond motifs is 5. The maximum absolute atomic E-state index is 13.6. The van der Waals surface area contributed by atoms with Crippen LogP contribution >= 0.6 is 11.6 Å². The summed E-state index contributed by atoms with van der Waals surface area (Å²) in [6, 6.07) is 18.1. The van der Waals surface area contributed by atoms with Gasteiger partial charge < -0.3 is 14.4 Å². The minimum absolute atomic E-state index is 0.146. The van der Waals surface area contributed by atoms with Gasteiger partial charge in [0, 0.05) is 17.1 Å². The van der Waals surface area contributed by atoms with Crippen LogP contribution in [-0.2, 0) is 6.54 Å². The minimum Gasteiger partial charge on any atom is -0.493 e. The highest BCUT2D eigenvalue weighted by Crippen LogP contribution is 2.50. The number of halogens is 1. The second kappa shape index (κ2) is 7.32. The number of carbonyl (C=O) groups excluding carboxylic acids is 2. The Balaban J connectivity index is 1.72. The lowest BCUT2D eigenvalue weighted by Crippen LogP contribution is -2.47. The molecule has 0 saturated heterocycles. The molecule has 2 heterocycles. The summed E-state index contributed by atoms with van der Waals surface area (Å²) in [5, 5.41) is 0.591. The van der Waals surface area contributed by atoms with Gasteiger partial charge in [0.1, 0.15) is 6.17 Å². The van der Waals surface area contributed by atoms with Crippen molar-refractivity contribution in [1.82, 2.24) is 4.90 Å². The molecule has 3 aromatic carbocycles. The van der Waals surface area contributed by atoms with Gasteiger partial charge in [-0.05, 0) is 35.9 Å². The first-order valence-corrected chi connectivity index (χ1v) is 10.2. The molecule has 2 aliphatic rings. The monoisotopic (exact) mass is 434 g/mol. The van der Waals surface area contributed by atoms with E-state index in [1.54, 1.807) is 40.1 Å². The first-order chi connectivity index (χ1) is 15.0. The number of carbonyl (C=O) groups is 2. The van der Waals surface area contributed by atoms with Gasteiger partial charge in [-0.2, -0.15) is 0 Å². The smallest absolute Gasteiger partial charge is 0.264 e. The molecule has 0 aliphatic carbocycles. The quantitative estimate of drug-likeness (QED) is 0.598. The molecule has 2 aliphatic heterocycles. The lowest BCUT2D eigenvalue weighted by atomic mass is 10.0. The summed E-state index contributed by atoms with van der Waals surface area (Å²) < 4.78 is 10.9. The van der Waals surface area contributed by atoms with Crippen molar-refractivity contribution in [3.05, 3.63) is 87.9 Å². The molecule has 156 valence electrons. The zero-order chi connectivity index (χ0) is 21.7. The number of anilines is 1. The van der Waals surface area contributed by atoms with Crippen LogP contribution in [-0.4, -0.2) is 30.9 Å². The number of rotatable bonds is 4. The third kappa shape index (κ3) is 2.86. The lowest BCUT2D eigenvalue weighted by molar-refractivity contribution is 0.0629. The van der Waals surface area contributed by atoms with Gasteiger partial charge in [-0.15, -0.1) is 0 Å². The van der Waals surface area contributed by atoms with Gasteiger partial charge in [-0.1, -0.05) is 41.9 Å². The fraction of sp³-hybridized carbons (Fsp3) is 0.167. The standard InChI is InChI=1S/C24H19ClN2O4/c1-30-19-11-10-17-20(21(19)31-2)24(29)27-18-9-4-3-8-16(18)23(28)26(22(17)27)13-14-6-5-7-15(25)12-14/h3-12,22H,13H2,1-2H3. The second-order valence-corrected chi connectivity index (χ2v) is 7.83. The number of para-hydroxylation sites is 1. The SMILES string of the molecule is COc1ccc2c(c1OC)C(=O)N1c3ccccc3C(=O)N(Cc3cccc(Cl)c3)C21. The molecule has 5 rings (SSSR count). The molecule has 0 aromatic heterocycles. The van der Waals surface area contributed by atoms with Crippen molar-refractivity contribution in [1.29, 1.82) is 0 Å². The summed E-state index contributed by atoms with van der Waals surface area (Å²) in [7, 11) is 3.03. The Morgan fingerprint density at radius 3 is 2.48 bits per heavy atom. The normalized spacial score (nSPS) is 16.7. The predicted molar refractivity (Wildman–Crippen MR) is 117 cm³/mol. The number of ether oxygens (including phenoxy) is 2. The molecule has 1 unspecified atom stereocenters. The number of methoxy groups -OCH3 is 2. The van der Waals surface area contributed by atoms with Crippen LogP contribution in [0.25, 0.3) is 0 Å². The van der Waals surface area contributed by atoms with Crippen molar-refractivity contribution < 1.29 is 19.1 Å². The Morgan fingerprint density at radius 2 is 1.74 bits per heavy atom. The summed E-state index contributed by atoms with van der Waals surface area (Å²) in [5.74, 6) is 0.460. The van der Waals surface area contributed by atoms with E-state index in [2.05, 4.69) is 0 Å². The van der Waals surface area contributed by atoms with E-state index in [0.717, 1.165) is 5.56 Å². The predicted octanol–water partition coefficient (Wildman–Crippen LogP) is 4.67. The Bertz CT molecular complexity index is 1230. The van der Waals surface area contributed by atoms with Crippen molar-refractivity contribution in [2.24, 2.45) is 0 Å². The van der Waals surface area contributed by atoms with E-state index in [1.807, 2.05) is 30.3 Å². The Morgan fingerprint density at radius 1 is 0.935 bits per heavy atom. The molecule has 0 saturated carbocycles. The highest BCUT2D eigenvalue weighted by Gasteiger charge is 2.49.